The molecule has 0 spiro atoms. The first kappa shape index (κ1) is 25.4. The molecule has 0 unspecified atom stereocenters. The SMILES string of the molecule is CCOC(=O)N1CCC(NC(=O)COC(=O)CSc2nc(C)c(C)c(C)c2C(N)=O)CC1. The first-order valence-electron chi connectivity index (χ1n) is 10.4. The third kappa shape index (κ3) is 6.84. The van der Waals surface area contributed by atoms with Crippen LogP contribution in [-0.4, -0.2) is 71.9 Å². The molecule has 0 aliphatic carbocycles. The molecule has 176 valence electrons. The summed E-state index contributed by atoms with van der Waals surface area (Å²) < 4.78 is 10.0. The zero-order chi connectivity index (χ0) is 23.8. The number of aryl methyl sites for hydroxylation is 1. The standard InChI is InChI=1S/C21H30N4O6S/c1-5-30-21(29)25-8-6-15(7-9-25)24-16(26)10-31-17(27)11-32-20-18(19(22)28)13(3)12(2)14(4)23-20/h15H,5-11H2,1-4H3,(H2,22,28)(H,24,26). The van der Waals surface area contributed by atoms with Crippen LogP contribution in [0.5, 0.6) is 0 Å². The predicted octanol–water partition coefficient (Wildman–Crippen LogP) is 1.48. The molecule has 1 aromatic heterocycles. The summed E-state index contributed by atoms with van der Waals surface area (Å²) in [5.74, 6) is -1.73. The zero-order valence-corrected chi connectivity index (χ0v) is 19.7. The molecule has 1 saturated heterocycles. The Morgan fingerprint density at radius 2 is 1.78 bits per heavy atom. The van der Waals surface area contributed by atoms with E-state index in [1.807, 2.05) is 13.8 Å². The Balaban J connectivity index is 1.78. The summed E-state index contributed by atoms with van der Waals surface area (Å²) in [6.45, 7) is 8.11. The molecule has 11 heteroatoms. The zero-order valence-electron chi connectivity index (χ0n) is 18.9. The molecule has 1 aliphatic heterocycles. The van der Waals surface area contributed by atoms with E-state index in [0.29, 0.717) is 37.6 Å². The monoisotopic (exact) mass is 466 g/mol. The van der Waals surface area contributed by atoms with Crippen molar-refractivity contribution >= 4 is 35.6 Å². The number of nitrogens with one attached hydrogen (secondary N) is 1. The van der Waals surface area contributed by atoms with Crippen LogP contribution < -0.4 is 11.1 Å². The number of primary amides is 1. The van der Waals surface area contributed by atoms with Crippen LogP contribution in [0.2, 0.25) is 0 Å². The second kappa shape index (κ2) is 11.7. The van der Waals surface area contributed by atoms with E-state index >= 15 is 0 Å². The highest BCUT2D eigenvalue weighted by molar-refractivity contribution is 8.00. The van der Waals surface area contributed by atoms with Gasteiger partial charge in [-0.05, 0) is 51.7 Å². The number of pyridine rings is 1. The second-order valence-electron chi connectivity index (χ2n) is 7.47. The van der Waals surface area contributed by atoms with Crippen LogP contribution in [0.3, 0.4) is 0 Å². The van der Waals surface area contributed by atoms with E-state index in [2.05, 4.69) is 10.3 Å². The van der Waals surface area contributed by atoms with Crippen LogP contribution >= 0.6 is 11.8 Å². The average molecular weight is 467 g/mol. The number of rotatable bonds is 8. The molecule has 32 heavy (non-hydrogen) atoms. The normalized spacial score (nSPS) is 14.1. The maximum Gasteiger partial charge on any atom is 0.409 e. The molecular formula is C21H30N4O6S. The fourth-order valence-corrected chi connectivity index (χ4v) is 4.25. The van der Waals surface area contributed by atoms with Crippen molar-refractivity contribution in [3.63, 3.8) is 0 Å². The van der Waals surface area contributed by atoms with Crippen LogP contribution in [0.25, 0.3) is 0 Å². The van der Waals surface area contributed by atoms with Crippen molar-refractivity contribution in [3.8, 4) is 0 Å². The van der Waals surface area contributed by atoms with E-state index < -0.39 is 24.4 Å². The molecule has 2 heterocycles. The van der Waals surface area contributed by atoms with Crippen LogP contribution in [-0.2, 0) is 19.1 Å². The van der Waals surface area contributed by atoms with Gasteiger partial charge in [0.1, 0.15) is 5.03 Å². The smallest absolute Gasteiger partial charge is 0.409 e. The molecule has 0 atom stereocenters. The van der Waals surface area contributed by atoms with Crippen molar-refractivity contribution in [2.24, 2.45) is 5.73 Å². The van der Waals surface area contributed by atoms with Crippen molar-refractivity contribution < 1.29 is 28.7 Å². The van der Waals surface area contributed by atoms with E-state index in [0.717, 1.165) is 28.6 Å². The fraction of sp³-hybridized carbons (Fsp3) is 0.571. The number of hydrogen-bond donors (Lipinski definition) is 2. The Labute approximate surface area is 191 Å². The molecule has 0 saturated carbocycles. The highest BCUT2D eigenvalue weighted by Gasteiger charge is 2.25. The van der Waals surface area contributed by atoms with Crippen molar-refractivity contribution in [1.29, 1.82) is 0 Å². The van der Waals surface area contributed by atoms with Gasteiger partial charge in [-0.3, -0.25) is 14.4 Å². The lowest BCUT2D eigenvalue weighted by Gasteiger charge is -2.31. The molecule has 3 N–H and O–H groups in total. The topological polar surface area (TPSA) is 141 Å². The van der Waals surface area contributed by atoms with Crippen LogP contribution in [0, 0.1) is 20.8 Å². The van der Waals surface area contributed by atoms with Gasteiger partial charge in [-0.25, -0.2) is 9.78 Å². The maximum absolute atomic E-state index is 12.1. The number of nitrogens with zero attached hydrogens (tertiary/aromatic N) is 2. The van der Waals surface area contributed by atoms with Gasteiger partial charge in [0.2, 0.25) is 0 Å². The maximum atomic E-state index is 12.1. The number of thioether (sulfide) groups is 1. The molecule has 3 amide bonds. The number of nitrogens with two attached hydrogens (primary N) is 1. The summed E-state index contributed by atoms with van der Waals surface area (Å²) in [6, 6.07) is -0.0953. The lowest BCUT2D eigenvalue weighted by Crippen LogP contribution is -2.47. The summed E-state index contributed by atoms with van der Waals surface area (Å²) in [7, 11) is 0. The predicted molar refractivity (Wildman–Crippen MR) is 118 cm³/mol. The van der Waals surface area contributed by atoms with Crippen molar-refractivity contribution in [2.45, 2.75) is 51.6 Å². The van der Waals surface area contributed by atoms with Gasteiger partial charge >= 0.3 is 12.1 Å². The van der Waals surface area contributed by atoms with Crippen LogP contribution in [0.1, 0.15) is 46.9 Å². The van der Waals surface area contributed by atoms with Gasteiger partial charge in [-0.1, -0.05) is 11.8 Å². The molecule has 1 fully saturated rings. The van der Waals surface area contributed by atoms with Gasteiger partial charge in [0.05, 0.1) is 17.9 Å². The molecule has 1 aliphatic rings. The molecule has 2 rings (SSSR count). The fourth-order valence-electron chi connectivity index (χ4n) is 3.31. The number of aromatic nitrogens is 1. The number of carbonyl (C=O) groups is 4. The van der Waals surface area contributed by atoms with E-state index in [-0.39, 0.29) is 23.5 Å². The Morgan fingerprint density at radius 3 is 2.38 bits per heavy atom. The highest BCUT2D eigenvalue weighted by Crippen LogP contribution is 2.26. The largest absolute Gasteiger partial charge is 0.455 e. The molecule has 0 bridgehead atoms. The molecular weight excluding hydrogens is 436 g/mol. The number of amides is 3. The molecule has 0 aromatic carbocycles. The third-order valence-electron chi connectivity index (χ3n) is 5.29. The minimum absolute atomic E-state index is 0.0953. The second-order valence-corrected chi connectivity index (χ2v) is 8.43. The summed E-state index contributed by atoms with van der Waals surface area (Å²) >= 11 is 1.05. The number of esters is 1. The third-order valence-corrected chi connectivity index (χ3v) is 6.24. The number of piperidine rings is 1. The van der Waals surface area contributed by atoms with Gasteiger partial charge in [-0.2, -0.15) is 0 Å². The molecule has 10 nitrogen and oxygen atoms in total. The van der Waals surface area contributed by atoms with E-state index in [4.69, 9.17) is 15.2 Å². The van der Waals surface area contributed by atoms with Crippen LogP contribution in [0.4, 0.5) is 4.79 Å². The summed E-state index contributed by atoms with van der Waals surface area (Å²) in [4.78, 5) is 53.7. The summed E-state index contributed by atoms with van der Waals surface area (Å²) in [6.07, 6.45) is 0.848. The summed E-state index contributed by atoms with van der Waals surface area (Å²) in [5.41, 5.74) is 8.12. The van der Waals surface area contributed by atoms with E-state index in [1.54, 1.807) is 18.7 Å². The van der Waals surface area contributed by atoms with Gasteiger partial charge in [0.15, 0.2) is 6.61 Å². The molecule has 1 aromatic rings. The van der Waals surface area contributed by atoms with Gasteiger partial charge < -0.3 is 25.4 Å². The molecule has 0 radical (unpaired) electrons. The first-order valence-corrected chi connectivity index (χ1v) is 11.4. The minimum Gasteiger partial charge on any atom is -0.455 e. The number of hydrogen-bond acceptors (Lipinski definition) is 8. The lowest BCUT2D eigenvalue weighted by molar-refractivity contribution is -0.146. The van der Waals surface area contributed by atoms with Gasteiger partial charge in [0, 0.05) is 24.8 Å². The van der Waals surface area contributed by atoms with Crippen LogP contribution in [0.15, 0.2) is 5.03 Å². The van der Waals surface area contributed by atoms with Crippen molar-refractivity contribution in [1.82, 2.24) is 15.2 Å². The summed E-state index contributed by atoms with van der Waals surface area (Å²) in [5, 5.41) is 3.18. The van der Waals surface area contributed by atoms with E-state index in [9.17, 15) is 19.2 Å². The minimum atomic E-state index is -0.609. The quantitative estimate of drug-likeness (QED) is 0.433. The Bertz CT molecular complexity index is 884. The number of likely N-dealkylation sites (tertiary alicyclic amines) is 1. The Kier molecular flexibility index (Phi) is 9.30. The Hall–Kier alpha value is -2.82. The Morgan fingerprint density at radius 1 is 1.12 bits per heavy atom. The lowest BCUT2D eigenvalue weighted by atomic mass is 10.0. The first-order chi connectivity index (χ1) is 15.1. The number of carbonyl (C=O) groups excluding carboxylic acids is 4. The van der Waals surface area contributed by atoms with Crippen molar-refractivity contribution in [2.75, 3.05) is 32.1 Å². The average Bonchev–Trinajstić information content (AvgIpc) is 2.75. The van der Waals surface area contributed by atoms with Gasteiger partial charge in [0.25, 0.3) is 11.8 Å². The van der Waals surface area contributed by atoms with Gasteiger partial charge in [-0.15, -0.1) is 0 Å². The van der Waals surface area contributed by atoms with E-state index in [1.165, 1.54) is 0 Å². The van der Waals surface area contributed by atoms with Crippen molar-refractivity contribution in [3.05, 3.63) is 22.4 Å². The number of ether oxygens (including phenoxy) is 2. The highest BCUT2D eigenvalue weighted by atomic mass is 32.2.